The molecule has 5 nitrogen and oxygen atoms in total. The van der Waals surface area contributed by atoms with E-state index in [1.54, 1.807) is 23.1 Å². The highest BCUT2D eigenvalue weighted by molar-refractivity contribution is 6.00. The van der Waals surface area contributed by atoms with Crippen molar-refractivity contribution in [3.05, 3.63) is 23.8 Å². The Labute approximate surface area is 118 Å². The number of carbonyl (C=O) groups is 2. The van der Waals surface area contributed by atoms with Gasteiger partial charge in [0.1, 0.15) is 12.4 Å². The van der Waals surface area contributed by atoms with E-state index >= 15 is 0 Å². The minimum Gasteiger partial charge on any atom is -0.490 e. The second kappa shape index (κ2) is 6.52. The number of fused-ring (bicyclic) bond motifs is 1. The van der Waals surface area contributed by atoms with Crippen LogP contribution in [-0.4, -0.2) is 38.4 Å². The number of nitrogens with zero attached hydrogens (tertiary/aromatic N) is 1. The van der Waals surface area contributed by atoms with Gasteiger partial charge in [0.05, 0.1) is 12.2 Å². The molecule has 0 aromatic heterocycles. The molecule has 1 aliphatic rings. The third-order valence-electron chi connectivity index (χ3n) is 3.35. The van der Waals surface area contributed by atoms with E-state index in [4.69, 9.17) is 4.74 Å². The molecule has 0 fully saturated rings. The van der Waals surface area contributed by atoms with Crippen molar-refractivity contribution in [1.29, 1.82) is 0 Å². The van der Waals surface area contributed by atoms with Gasteiger partial charge in [-0.05, 0) is 25.2 Å². The highest BCUT2D eigenvalue weighted by atomic mass is 16.5. The number of nitrogens with one attached hydrogen (secondary N) is 1. The Balaban J connectivity index is 2.27. The van der Waals surface area contributed by atoms with Crippen molar-refractivity contribution >= 4 is 17.4 Å². The molecule has 0 spiro atoms. The maximum absolute atomic E-state index is 12.1. The van der Waals surface area contributed by atoms with Crippen LogP contribution in [0.2, 0.25) is 0 Å². The van der Waals surface area contributed by atoms with E-state index in [0.717, 1.165) is 0 Å². The van der Waals surface area contributed by atoms with E-state index in [-0.39, 0.29) is 11.7 Å². The lowest BCUT2D eigenvalue weighted by Gasteiger charge is -2.29. The molecule has 0 atom stereocenters. The molecule has 1 N–H and O–H groups in total. The number of amides is 1. The fourth-order valence-electron chi connectivity index (χ4n) is 2.22. The van der Waals surface area contributed by atoms with Crippen LogP contribution in [0.25, 0.3) is 0 Å². The summed E-state index contributed by atoms with van der Waals surface area (Å²) < 4.78 is 5.55. The van der Waals surface area contributed by atoms with Crippen LogP contribution in [0.3, 0.4) is 0 Å². The summed E-state index contributed by atoms with van der Waals surface area (Å²) >= 11 is 0. The van der Waals surface area contributed by atoms with Gasteiger partial charge in [0, 0.05) is 24.9 Å². The van der Waals surface area contributed by atoms with Crippen LogP contribution in [0.5, 0.6) is 5.75 Å². The van der Waals surface area contributed by atoms with Gasteiger partial charge < -0.3 is 15.0 Å². The zero-order valence-electron chi connectivity index (χ0n) is 11.9. The zero-order chi connectivity index (χ0) is 14.5. The third kappa shape index (κ3) is 2.99. The summed E-state index contributed by atoms with van der Waals surface area (Å²) in [6, 6.07) is 5.30. The van der Waals surface area contributed by atoms with Crippen LogP contribution in [0.4, 0.5) is 5.69 Å². The first-order valence-corrected chi connectivity index (χ1v) is 6.92. The van der Waals surface area contributed by atoms with Crippen LogP contribution in [0.15, 0.2) is 18.2 Å². The molecule has 1 amide bonds. The number of carbonyl (C=O) groups excluding carboxylic acids is 2. The van der Waals surface area contributed by atoms with Gasteiger partial charge in [-0.1, -0.05) is 6.92 Å². The van der Waals surface area contributed by atoms with Gasteiger partial charge >= 0.3 is 0 Å². The Morgan fingerprint density at radius 2 is 2.20 bits per heavy atom. The fraction of sp³-hybridized carbons (Fsp3) is 0.467. The highest BCUT2D eigenvalue weighted by Gasteiger charge is 2.23. The monoisotopic (exact) mass is 276 g/mol. The summed E-state index contributed by atoms with van der Waals surface area (Å²) in [5.74, 6) is 0.786. The smallest absolute Gasteiger partial charge is 0.226 e. The van der Waals surface area contributed by atoms with E-state index in [0.29, 0.717) is 49.5 Å². The predicted molar refractivity (Wildman–Crippen MR) is 77.5 cm³/mol. The van der Waals surface area contributed by atoms with Crippen molar-refractivity contribution in [2.45, 2.75) is 19.8 Å². The average molecular weight is 276 g/mol. The number of hydrogen-bond donors (Lipinski definition) is 1. The molecule has 20 heavy (non-hydrogen) atoms. The van der Waals surface area contributed by atoms with E-state index in [1.807, 2.05) is 14.0 Å². The standard InChI is InChI=1S/C15H20N2O3/c1-3-15(19)17-8-9-20-14-5-4-11(10-12(14)17)13(18)6-7-16-2/h4-5,10,16H,3,6-9H2,1-2H3. The van der Waals surface area contributed by atoms with Crippen molar-refractivity contribution in [2.75, 3.05) is 31.6 Å². The summed E-state index contributed by atoms with van der Waals surface area (Å²) in [7, 11) is 1.82. The van der Waals surface area contributed by atoms with Crippen molar-refractivity contribution in [3.63, 3.8) is 0 Å². The molecule has 0 saturated heterocycles. The molecule has 0 saturated carbocycles. The summed E-state index contributed by atoms with van der Waals surface area (Å²) in [4.78, 5) is 25.7. The summed E-state index contributed by atoms with van der Waals surface area (Å²) in [5.41, 5.74) is 1.33. The second-order valence-corrected chi connectivity index (χ2v) is 4.71. The topological polar surface area (TPSA) is 58.6 Å². The fourth-order valence-corrected chi connectivity index (χ4v) is 2.22. The number of Topliss-reactive ketones (excluding diaryl/α,β-unsaturated/α-hetero) is 1. The molecular weight excluding hydrogens is 256 g/mol. The van der Waals surface area contributed by atoms with Crippen LogP contribution < -0.4 is 15.0 Å². The number of benzene rings is 1. The van der Waals surface area contributed by atoms with Crippen LogP contribution in [0.1, 0.15) is 30.1 Å². The van der Waals surface area contributed by atoms with E-state index < -0.39 is 0 Å². The van der Waals surface area contributed by atoms with Crippen molar-refractivity contribution in [3.8, 4) is 5.75 Å². The molecule has 2 rings (SSSR count). The SMILES string of the molecule is CCC(=O)N1CCOc2ccc(C(=O)CCNC)cc21. The van der Waals surface area contributed by atoms with E-state index in [1.165, 1.54) is 0 Å². The lowest BCUT2D eigenvalue weighted by atomic mass is 10.1. The molecule has 0 unspecified atom stereocenters. The van der Waals surface area contributed by atoms with Crippen molar-refractivity contribution < 1.29 is 14.3 Å². The number of hydrogen-bond acceptors (Lipinski definition) is 4. The molecule has 1 aromatic carbocycles. The van der Waals surface area contributed by atoms with E-state index in [9.17, 15) is 9.59 Å². The molecule has 1 aliphatic heterocycles. The molecule has 1 heterocycles. The van der Waals surface area contributed by atoms with Gasteiger partial charge in [0.2, 0.25) is 5.91 Å². The normalized spacial score (nSPS) is 13.6. The number of rotatable bonds is 5. The molecule has 0 bridgehead atoms. The largest absolute Gasteiger partial charge is 0.490 e. The van der Waals surface area contributed by atoms with Gasteiger partial charge in [-0.25, -0.2) is 0 Å². The van der Waals surface area contributed by atoms with Gasteiger partial charge in [0.25, 0.3) is 0 Å². The number of anilines is 1. The molecule has 1 aromatic rings. The quantitative estimate of drug-likeness (QED) is 0.830. The Hall–Kier alpha value is -1.88. The maximum Gasteiger partial charge on any atom is 0.226 e. The van der Waals surface area contributed by atoms with Crippen molar-refractivity contribution in [1.82, 2.24) is 5.32 Å². The third-order valence-corrected chi connectivity index (χ3v) is 3.35. The molecule has 0 aliphatic carbocycles. The first-order chi connectivity index (χ1) is 9.67. The average Bonchev–Trinajstić information content (AvgIpc) is 2.50. The molecular formula is C15H20N2O3. The first-order valence-electron chi connectivity index (χ1n) is 6.92. The lowest BCUT2D eigenvalue weighted by molar-refractivity contribution is -0.118. The van der Waals surface area contributed by atoms with Crippen molar-refractivity contribution in [2.24, 2.45) is 0 Å². The highest BCUT2D eigenvalue weighted by Crippen LogP contribution is 2.33. The van der Waals surface area contributed by atoms with Crippen LogP contribution >= 0.6 is 0 Å². The predicted octanol–water partition coefficient (Wildman–Crippen LogP) is 1.61. The Bertz CT molecular complexity index is 514. The van der Waals surface area contributed by atoms with Crippen LogP contribution in [-0.2, 0) is 4.79 Å². The number of ketones is 1. The van der Waals surface area contributed by atoms with Gasteiger partial charge in [0.15, 0.2) is 5.78 Å². The summed E-state index contributed by atoms with van der Waals surface area (Å²) in [6.07, 6.45) is 0.884. The summed E-state index contributed by atoms with van der Waals surface area (Å²) in [6.45, 7) is 3.50. The minimum absolute atomic E-state index is 0.0503. The van der Waals surface area contributed by atoms with Gasteiger partial charge in [-0.3, -0.25) is 9.59 Å². The van der Waals surface area contributed by atoms with E-state index in [2.05, 4.69) is 5.32 Å². The minimum atomic E-state index is 0.0503. The number of ether oxygens (including phenoxy) is 1. The maximum atomic E-state index is 12.1. The Kier molecular flexibility index (Phi) is 4.74. The molecule has 5 heteroatoms. The van der Waals surface area contributed by atoms with Gasteiger partial charge in [-0.2, -0.15) is 0 Å². The first kappa shape index (κ1) is 14.5. The van der Waals surface area contributed by atoms with Crippen LogP contribution in [0, 0.1) is 0 Å². The zero-order valence-corrected chi connectivity index (χ0v) is 11.9. The van der Waals surface area contributed by atoms with Gasteiger partial charge in [-0.15, -0.1) is 0 Å². The molecule has 108 valence electrons. The second-order valence-electron chi connectivity index (χ2n) is 4.71. The Morgan fingerprint density at radius 1 is 1.40 bits per heavy atom. The Morgan fingerprint density at radius 3 is 2.90 bits per heavy atom. The summed E-state index contributed by atoms with van der Waals surface area (Å²) in [5, 5.41) is 2.96. The molecule has 0 radical (unpaired) electrons. The lowest BCUT2D eigenvalue weighted by Crippen LogP contribution is -2.37.